The van der Waals surface area contributed by atoms with Crippen molar-refractivity contribution in [2.45, 2.75) is 104 Å². The fourth-order valence-corrected chi connectivity index (χ4v) is 6.52. The number of piperidine rings is 1. The van der Waals surface area contributed by atoms with E-state index in [1.807, 2.05) is 5.32 Å². The third-order valence-electron chi connectivity index (χ3n) is 8.92. The fraction of sp³-hybridized carbons (Fsp3) is 0.645. The van der Waals surface area contributed by atoms with Crippen LogP contribution in [-0.4, -0.2) is 94.3 Å². The van der Waals surface area contributed by atoms with Gasteiger partial charge in [0.2, 0.25) is 0 Å². The molecule has 2 atom stereocenters. The topological polar surface area (TPSA) is 137 Å². The maximum atomic E-state index is 14.6. The summed E-state index contributed by atoms with van der Waals surface area (Å²) in [5.41, 5.74) is -5.96. The second kappa shape index (κ2) is 13.3. The van der Waals surface area contributed by atoms with Crippen molar-refractivity contribution in [2.75, 3.05) is 24.5 Å². The van der Waals surface area contributed by atoms with Gasteiger partial charge in [0.1, 0.15) is 12.0 Å². The van der Waals surface area contributed by atoms with Gasteiger partial charge in [-0.15, -0.1) is 0 Å². The number of fused-ring (bicyclic) bond motifs is 1. The van der Waals surface area contributed by atoms with E-state index < -0.39 is 95.0 Å². The molecule has 0 saturated carbocycles. The zero-order valence-electron chi connectivity index (χ0n) is 27.3. The Balaban J connectivity index is 2.13. The fourth-order valence-electron chi connectivity index (χ4n) is 6.52. The van der Waals surface area contributed by atoms with Gasteiger partial charge in [-0.1, -0.05) is 20.8 Å². The first-order valence-corrected chi connectivity index (χ1v) is 15.1. The van der Waals surface area contributed by atoms with E-state index in [1.54, 1.807) is 34.6 Å². The molecule has 0 aliphatic carbocycles. The second-order valence-electron chi connectivity index (χ2n) is 13.6. The predicted octanol–water partition coefficient (Wildman–Crippen LogP) is 4.96. The van der Waals surface area contributed by atoms with Crippen LogP contribution >= 0.6 is 0 Å². The van der Waals surface area contributed by atoms with E-state index in [1.165, 1.54) is 18.7 Å². The van der Waals surface area contributed by atoms with Gasteiger partial charge in [-0.25, -0.2) is 4.79 Å². The molecule has 2 aliphatic heterocycles. The van der Waals surface area contributed by atoms with Crippen LogP contribution in [0.5, 0.6) is 5.75 Å². The number of benzene rings is 1. The van der Waals surface area contributed by atoms with Gasteiger partial charge >= 0.3 is 18.7 Å². The Morgan fingerprint density at radius 1 is 1.17 bits per heavy atom. The van der Waals surface area contributed by atoms with Gasteiger partial charge in [0, 0.05) is 32.1 Å². The Morgan fingerprint density at radius 2 is 1.79 bits per heavy atom. The minimum Gasteiger partial charge on any atom is -0.476 e. The summed E-state index contributed by atoms with van der Waals surface area (Å²) in [6.07, 6.45) is -8.91. The van der Waals surface area contributed by atoms with Gasteiger partial charge < -0.3 is 29.8 Å². The van der Waals surface area contributed by atoms with Gasteiger partial charge in [-0.2, -0.15) is 22.0 Å². The molecule has 1 aromatic rings. The summed E-state index contributed by atoms with van der Waals surface area (Å²) in [6.45, 7) is 9.93. The lowest BCUT2D eigenvalue weighted by atomic mass is 9.65. The third-order valence-corrected chi connectivity index (χ3v) is 8.92. The number of hydrogen-bond donors (Lipinski definition) is 2. The summed E-state index contributed by atoms with van der Waals surface area (Å²) in [7, 11) is 0. The van der Waals surface area contributed by atoms with Crippen molar-refractivity contribution in [1.29, 1.82) is 0 Å². The smallest absolute Gasteiger partial charge is 0.417 e. The number of halogens is 5. The van der Waals surface area contributed by atoms with Crippen LogP contribution in [0.1, 0.15) is 83.7 Å². The molecule has 2 N–H and O–H groups in total. The van der Waals surface area contributed by atoms with Crippen LogP contribution in [0.25, 0.3) is 0 Å². The zero-order chi connectivity index (χ0) is 35.9. The van der Waals surface area contributed by atoms with Crippen molar-refractivity contribution in [3.63, 3.8) is 0 Å². The maximum absolute atomic E-state index is 14.6. The highest BCUT2D eigenvalue weighted by atomic mass is 19.4. The van der Waals surface area contributed by atoms with E-state index in [-0.39, 0.29) is 31.5 Å². The summed E-state index contributed by atoms with van der Waals surface area (Å²) in [4.78, 5) is 66.4. The van der Waals surface area contributed by atoms with Crippen molar-refractivity contribution < 1.29 is 55.8 Å². The number of likely N-dealkylation sites (tertiary alicyclic amines) is 1. The van der Waals surface area contributed by atoms with Crippen LogP contribution < -0.4 is 15.0 Å². The standard InChI is InChI=1S/C31H41F5N4O7/c1-17(2)40(18-8-9-30(10-13-41,28(3,4)5)39(16-18)27(45)46)25(43)19-14-21-22(15-20(19)31(34,35)36)47-29(6,7)26(44)38(21)12-11-37-24(42)23(32)33/h13-15,17-18,23H,8-12,16H2,1-7H3,(H,37,42)(H,45,46)/t18-,30-/m1/s1. The number of carboxylic acid groups (broad SMARTS) is 1. The second-order valence-corrected chi connectivity index (χ2v) is 13.6. The molecule has 0 bridgehead atoms. The number of carbonyl (C=O) groups excluding carboxylic acids is 4. The molecule has 47 heavy (non-hydrogen) atoms. The molecule has 2 aliphatic rings. The van der Waals surface area contributed by atoms with Crippen LogP contribution in [-0.2, 0) is 20.6 Å². The van der Waals surface area contributed by atoms with Gasteiger partial charge in [0.25, 0.3) is 17.7 Å². The molecular formula is C31H41F5N4O7. The Bertz CT molecular complexity index is 1410. The molecule has 1 fully saturated rings. The number of carbonyl (C=O) groups is 5. The molecule has 0 radical (unpaired) electrons. The molecule has 11 nitrogen and oxygen atoms in total. The molecule has 16 heteroatoms. The molecule has 4 amide bonds. The molecule has 0 spiro atoms. The molecular weight excluding hydrogens is 635 g/mol. The van der Waals surface area contributed by atoms with Crippen LogP contribution in [0.4, 0.5) is 32.4 Å². The number of alkyl halides is 5. The van der Waals surface area contributed by atoms with E-state index >= 15 is 0 Å². The number of hydrogen-bond acceptors (Lipinski definition) is 6. The molecule has 0 unspecified atom stereocenters. The number of anilines is 1. The summed E-state index contributed by atoms with van der Waals surface area (Å²) in [5.74, 6) is -3.85. The Labute approximate surface area is 269 Å². The number of nitrogens with zero attached hydrogens (tertiary/aromatic N) is 3. The molecule has 1 aromatic carbocycles. The Morgan fingerprint density at radius 3 is 2.28 bits per heavy atom. The average Bonchev–Trinajstić information content (AvgIpc) is 2.93. The predicted molar refractivity (Wildman–Crippen MR) is 159 cm³/mol. The van der Waals surface area contributed by atoms with Crippen molar-refractivity contribution in [1.82, 2.24) is 15.1 Å². The number of nitrogens with one attached hydrogen (secondary N) is 1. The van der Waals surface area contributed by atoms with E-state index in [0.717, 1.165) is 15.9 Å². The van der Waals surface area contributed by atoms with E-state index in [2.05, 4.69) is 0 Å². The van der Waals surface area contributed by atoms with Gasteiger partial charge in [-0.3, -0.25) is 19.3 Å². The largest absolute Gasteiger partial charge is 0.476 e. The van der Waals surface area contributed by atoms with Crippen LogP contribution in [0, 0.1) is 5.41 Å². The monoisotopic (exact) mass is 676 g/mol. The highest BCUT2D eigenvalue weighted by Gasteiger charge is 2.53. The SMILES string of the molecule is CC(C)N(C(=O)c1cc2c(cc1C(F)(F)F)OC(C)(C)C(=O)N2CCNC(=O)C(F)F)[C@@H]1CC[C@@](CC=O)(C(C)(C)C)N(C(=O)O)C1. The minimum atomic E-state index is -5.07. The zero-order valence-corrected chi connectivity index (χ0v) is 27.3. The molecule has 0 aromatic heterocycles. The number of amides is 4. The van der Waals surface area contributed by atoms with Crippen molar-refractivity contribution in [2.24, 2.45) is 5.41 Å². The molecule has 262 valence electrons. The lowest BCUT2D eigenvalue weighted by molar-refractivity contribution is -0.138. The highest BCUT2D eigenvalue weighted by Crippen LogP contribution is 2.47. The number of aldehydes is 1. The van der Waals surface area contributed by atoms with Crippen LogP contribution in [0.3, 0.4) is 0 Å². The Hall–Kier alpha value is -3.98. The first kappa shape index (κ1) is 37.5. The van der Waals surface area contributed by atoms with Crippen molar-refractivity contribution >= 4 is 35.8 Å². The Kier molecular flexibility index (Phi) is 10.6. The van der Waals surface area contributed by atoms with Crippen LogP contribution in [0.15, 0.2) is 12.1 Å². The maximum Gasteiger partial charge on any atom is 0.417 e. The van der Waals surface area contributed by atoms with Crippen molar-refractivity contribution in [3.8, 4) is 5.75 Å². The summed E-state index contributed by atoms with van der Waals surface area (Å²) in [6, 6.07) is -0.151. The normalized spacial score (nSPS) is 21.3. The first-order chi connectivity index (χ1) is 21.5. The van der Waals surface area contributed by atoms with Crippen LogP contribution in [0.2, 0.25) is 0 Å². The van der Waals surface area contributed by atoms with Gasteiger partial charge in [0.15, 0.2) is 5.60 Å². The lowest BCUT2D eigenvalue weighted by Gasteiger charge is -2.56. The highest BCUT2D eigenvalue weighted by molar-refractivity contribution is 6.05. The molecule has 1 saturated heterocycles. The summed E-state index contributed by atoms with van der Waals surface area (Å²) >= 11 is 0. The van der Waals surface area contributed by atoms with Gasteiger partial charge in [0.05, 0.1) is 28.4 Å². The number of rotatable bonds is 9. The molecule has 3 rings (SSSR count). The summed E-state index contributed by atoms with van der Waals surface area (Å²) < 4.78 is 74.7. The minimum absolute atomic E-state index is 0.119. The van der Waals surface area contributed by atoms with Crippen molar-refractivity contribution in [3.05, 3.63) is 23.3 Å². The van der Waals surface area contributed by atoms with Gasteiger partial charge in [-0.05, 0) is 58.1 Å². The van der Waals surface area contributed by atoms with E-state index in [0.29, 0.717) is 12.4 Å². The average molecular weight is 677 g/mol. The van der Waals surface area contributed by atoms with E-state index in [9.17, 15) is 51.0 Å². The first-order valence-electron chi connectivity index (χ1n) is 15.1. The summed E-state index contributed by atoms with van der Waals surface area (Å²) in [5, 5.41) is 12.2. The quantitative estimate of drug-likeness (QED) is 0.279. The number of ether oxygens (including phenoxy) is 1. The molecule has 2 heterocycles. The third kappa shape index (κ3) is 7.30. The van der Waals surface area contributed by atoms with E-state index in [4.69, 9.17) is 4.74 Å². The lowest BCUT2D eigenvalue weighted by Crippen LogP contribution is -2.66.